The van der Waals surface area contributed by atoms with Crippen molar-refractivity contribution in [3.8, 4) is 5.75 Å². The summed E-state index contributed by atoms with van der Waals surface area (Å²) < 4.78 is 5.36. The minimum absolute atomic E-state index is 0.0527. The van der Waals surface area contributed by atoms with Crippen LogP contribution in [0.1, 0.15) is 18.6 Å². The van der Waals surface area contributed by atoms with Crippen LogP contribution in [-0.4, -0.2) is 17.6 Å². The van der Waals surface area contributed by atoms with Crippen molar-refractivity contribution in [3.05, 3.63) is 60.2 Å². The number of nitrogens with one attached hydrogen (secondary N) is 1. The Labute approximate surface area is 118 Å². The summed E-state index contributed by atoms with van der Waals surface area (Å²) in [6, 6.07) is 16.3. The number of aliphatic hydroxyl groups excluding tert-OH is 1. The molecule has 4 nitrogen and oxygen atoms in total. The Morgan fingerprint density at radius 2 is 1.95 bits per heavy atom. The molecule has 104 valence electrons. The minimum atomic E-state index is -0.563. The average molecular weight is 271 g/mol. The van der Waals surface area contributed by atoms with E-state index < -0.39 is 6.10 Å². The van der Waals surface area contributed by atoms with E-state index in [2.05, 4.69) is 5.32 Å². The van der Waals surface area contributed by atoms with Gasteiger partial charge in [0.25, 0.3) is 5.91 Å². The van der Waals surface area contributed by atoms with Crippen LogP contribution in [0, 0.1) is 0 Å². The highest BCUT2D eigenvalue weighted by molar-refractivity contribution is 5.91. The molecule has 0 spiro atoms. The smallest absolute Gasteiger partial charge is 0.262 e. The largest absolute Gasteiger partial charge is 0.484 e. The fourth-order valence-electron chi connectivity index (χ4n) is 1.74. The molecule has 0 aliphatic rings. The number of benzene rings is 2. The number of rotatable bonds is 5. The summed E-state index contributed by atoms with van der Waals surface area (Å²) in [6.07, 6.45) is -0.563. The van der Waals surface area contributed by atoms with Crippen molar-refractivity contribution in [1.82, 2.24) is 0 Å². The van der Waals surface area contributed by atoms with Gasteiger partial charge in [-0.2, -0.15) is 0 Å². The molecule has 0 aliphatic heterocycles. The Bertz CT molecular complexity index is 567. The van der Waals surface area contributed by atoms with Gasteiger partial charge in [0.15, 0.2) is 6.61 Å². The third-order valence-electron chi connectivity index (χ3n) is 2.77. The molecule has 1 atom stereocenters. The topological polar surface area (TPSA) is 58.6 Å². The normalized spacial score (nSPS) is 11.7. The first-order valence-electron chi connectivity index (χ1n) is 6.41. The van der Waals surface area contributed by atoms with Crippen LogP contribution in [0.2, 0.25) is 0 Å². The van der Waals surface area contributed by atoms with E-state index in [1.807, 2.05) is 18.2 Å². The van der Waals surface area contributed by atoms with Crippen molar-refractivity contribution in [3.63, 3.8) is 0 Å². The number of aliphatic hydroxyl groups is 1. The molecule has 0 aromatic heterocycles. The third kappa shape index (κ3) is 4.10. The Morgan fingerprint density at radius 1 is 1.20 bits per heavy atom. The second-order valence-corrected chi connectivity index (χ2v) is 4.45. The average Bonchev–Trinajstić information content (AvgIpc) is 2.46. The fraction of sp³-hybridized carbons (Fsp3) is 0.188. The molecule has 0 saturated carbocycles. The van der Waals surface area contributed by atoms with Gasteiger partial charge in [0.05, 0.1) is 6.10 Å². The predicted octanol–water partition coefficient (Wildman–Crippen LogP) is 2.76. The van der Waals surface area contributed by atoms with Crippen LogP contribution in [0.15, 0.2) is 54.6 Å². The highest BCUT2D eigenvalue weighted by Crippen LogP contribution is 2.17. The van der Waals surface area contributed by atoms with Crippen LogP contribution in [0.5, 0.6) is 5.75 Å². The van der Waals surface area contributed by atoms with Crippen LogP contribution in [-0.2, 0) is 4.79 Å². The minimum Gasteiger partial charge on any atom is -0.484 e. The van der Waals surface area contributed by atoms with E-state index in [1.54, 1.807) is 43.3 Å². The zero-order chi connectivity index (χ0) is 14.4. The van der Waals surface area contributed by atoms with Gasteiger partial charge in [-0.05, 0) is 36.8 Å². The molecule has 2 N–H and O–H groups in total. The molecule has 0 unspecified atom stereocenters. The molecule has 2 aromatic carbocycles. The molecule has 0 fully saturated rings. The van der Waals surface area contributed by atoms with Gasteiger partial charge in [-0.25, -0.2) is 0 Å². The van der Waals surface area contributed by atoms with E-state index >= 15 is 0 Å². The summed E-state index contributed by atoms with van der Waals surface area (Å²) in [4.78, 5) is 11.8. The van der Waals surface area contributed by atoms with E-state index in [0.717, 1.165) is 5.56 Å². The molecule has 2 aromatic rings. The summed E-state index contributed by atoms with van der Waals surface area (Å²) in [5, 5.41) is 12.2. The van der Waals surface area contributed by atoms with Crippen molar-refractivity contribution < 1.29 is 14.6 Å². The number of hydrogen-bond acceptors (Lipinski definition) is 3. The number of anilines is 1. The summed E-state index contributed by atoms with van der Waals surface area (Å²) in [5.74, 6) is 0.414. The first kappa shape index (κ1) is 14.1. The quantitative estimate of drug-likeness (QED) is 0.879. The number of ether oxygens (including phenoxy) is 1. The summed E-state index contributed by atoms with van der Waals surface area (Å²) in [6.45, 7) is 1.63. The molecule has 0 aliphatic carbocycles. The maximum Gasteiger partial charge on any atom is 0.262 e. The SMILES string of the molecule is C[C@@H](O)c1cccc(NC(=O)COc2ccccc2)c1. The van der Waals surface area contributed by atoms with Crippen molar-refractivity contribution >= 4 is 11.6 Å². The van der Waals surface area contributed by atoms with Crippen LogP contribution >= 0.6 is 0 Å². The van der Waals surface area contributed by atoms with E-state index in [1.165, 1.54) is 0 Å². The van der Waals surface area contributed by atoms with Gasteiger partial charge in [-0.15, -0.1) is 0 Å². The molecule has 0 saturated heterocycles. The molecular formula is C16H17NO3. The van der Waals surface area contributed by atoms with Gasteiger partial charge in [-0.3, -0.25) is 4.79 Å². The highest BCUT2D eigenvalue weighted by atomic mass is 16.5. The van der Waals surface area contributed by atoms with E-state index in [9.17, 15) is 9.90 Å². The lowest BCUT2D eigenvalue weighted by molar-refractivity contribution is -0.118. The lowest BCUT2D eigenvalue weighted by atomic mass is 10.1. The molecule has 1 amide bonds. The van der Waals surface area contributed by atoms with Crippen LogP contribution in [0.3, 0.4) is 0 Å². The number of amides is 1. The van der Waals surface area contributed by atoms with Crippen molar-refractivity contribution in [2.45, 2.75) is 13.0 Å². The first-order valence-corrected chi connectivity index (χ1v) is 6.41. The molecule has 4 heteroatoms. The number of carbonyl (C=O) groups is 1. The van der Waals surface area contributed by atoms with Crippen LogP contribution < -0.4 is 10.1 Å². The summed E-state index contributed by atoms with van der Waals surface area (Å²) >= 11 is 0. The van der Waals surface area contributed by atoms with Crippen molar-refractivity contribution in [1.29, 1.82) is 0 Å². The van der Waals surface area contributed by atoms with Gasteiger partial charge >= 0.3 is 0 Å². The van der Waals surface area contributed by atoms with Gasteiger partial charge in [0.2, 0.25) is 0 Å². The Hall–Kier alpha value is -2.33. The van der Waals surface area contributed by atoms with Gasteiger partial charge in [0.1, 0.15) is 5.75 Å². The molecule has 0 radical (unpaired) electrons. The van der Waals surface area contributed by atoms with E-state index in [4.69, 9.17) is 4.74 Å². The zero-order valence-corrected chi connectivity index (χ0v) is 11.2. The lowest BCUT2D eigenvalue weighted by Gasteiger charge is -2.10. The van der Waals surface area contributed by atoms with E-state index in [0.29, 0.717) is 11.4 Å². The second kappa shape index (κ2) is 6.73. The standard InChI is InChI=1S/C16H17NO3/c1-12(18)13-6-5-7-14(10-13)17-16(19)11-20-15-8-3-2-4-9-15/h2-10,12,18H,11H2,1H3,(H,17,19)/t12-/m1/s1. The maximum atomic E-state index is 11.8. The Morgan fingerprint density at radius 3 is 2.65 bits per heavy atom. The lowest BCUT2D eigenvalue weighted by Crippen LogP contribution is -2.20. The van der Waals surface area contributed by atoms with Crippen LogP contribution in [0.25, 0.3) is 0 Å². The number of para-hydroxylation sites is 1. The molecular weight excluding hydrogens is 254 g/mol. The summed E-state index contributed by atoms with van der Waals surface area (Å²) in [7, 11) is 0. The van der Waals surface area contributed by atoms with Crippen molar-refractivity contribution in [2.24, 2.45) is 0 Å². The van der Waals surface area contributed by atoms with Gasteiger partial charge < -0.3 is 15.2 Å². The second-order valence-electron chi connectivity index (χ2n) is 4.45. The van der Waals surface area contributed by atoms with Gasteiger partial charge in [0, 0.05) is 5.69 Å². The Balaban J connectivity index is 1.90. The third-order valence-corrected chi connectivity index (χ3v) is 2.77. The van der Waals surface area contributed by atoms with E-state index in [-0.39, 0.29) is 12.5 Å². The van der Waals surface area contributed by atoms with Crippen LogP contribution in [0.4, 0.5) is 5.69 Å². The highest BCUT2D eigenvalue weighted by Gasteiger charge is 2.06. The fourth-order valence-corrected chi connectivity index (χ4v) is 1.74. The number of carbonyl (C=O) groups excluding carboxylic acids is 1. The molecule has 2 rings (SSSR count). The predicted molar refractivity (Wildman–Crippen MR) is 77.6 cm³/mol. The first-order chi connectivity index (χ1) is 9.65. The maximum absolute atomic E-state index is 11.8. The van der Waals surface area contributed by atoms with Gasteiger partial charge in [-0.1, -0.05) is 30.3 Å². The molecule has 20 heavy (non-hydrogen) atoms. The zero-order valence-electron chi connectivity index (χ0n) is 11.2. The molecule has 0 bridgehead atoms. The summed E-state index contributed by atoms with van der Waals surface area (Å²) in [5.41, 5.74) is 1.40. The molecule has 0 heterocycles. The van der Waals surface area contributed by atoms with Crippen molar-refractivity contribution in [2.75, 3.05) is 11.9 Å². The number of hydrogen-bond donors (Lipinski definition) is 2. The Kier molecular flexibility index (Phi) is 4.74. The monoisotopic (exact) mass is 271 g/mol.